The Kier molecular flexibility index (Phi) is 6.17. The van der Waals surface area contributed by atoms with Gasteiger partial charge in [-0.2, -0.15) is 8.42 Å². The monoisotopic (exact) mass is 540 g/mol. The van der Waals surface area contributed by atoms with Crippen molar-refractivity contribution in [1.29, 1.82) is 0 Å². The summed E-state index contributed by atoms with van der Waals surface area (Å²) in [5.41, 5.74) is 2.28. The van der Waals surface area contributed by atoms with Gasteiger partial charge in [-0.15, -0.1) is 0 Å². The second kappa shape index (κ2) is 9.68. The minimum absolute atomic E-state index is 0.00174. The van der Waals surface area contributed by atoms with Crippen LogP contribution < -0.4 is 14.1 Å². The van der Waals surface area contributed by atoms with E-state index in [0.717, 1.165) is 5.56 Å². The number of aryl methyl sites for hydroxylation is 1. The summed E-state index contributed by atoms with van der Waals surface area (Å²) in [5, 5.41) is 1.51. The van der Waals surface area contributed by atoms with Gasteiger partial charge in [-0.05, 0) is 48.9 Å². The Balaban J connectivity index is 1.46. The number of amides is 2. The number of rotatable bonds is 6. The summed E-state index contributed by atoms with van der Waals surface area (Å²) in [7, 11) is -4.17. The molecular weight excluding hydrogens is 516 g/mol. The number of hydrogen-bond acceptors (Lipinski definition) is 7. The van der Waals surface area contributed by atoms with Crippen molar-refractivity contribution in [3.63, 3.8) is 0 Å². The maximum atomic E-state index is 14.0. The van der Waals surface area contributed by atoms with E-state index in [9.17, 15) is 18.0 Å². The lowest BCUT2D eigenvalue weighted by molar-refractivity contribution is -0.126. The number of anilines is 2. The van der Waals surface area contributed by atoms with Crippen LogP contribution in [0.25, 0.3) is 0 Å². The minimum Gasteiger partial charge on any atom is -0.379 e. The molecule has 0 saturated carbocycles. The van der Waals surface area contributed by atoms with Crippen LogP contribution in [0.15, 0.2) is 114 Å². The van der Waals surface area contributed by atoms with Crippen LogP contribution in [0.1, 0.15) is 17.2 Å². The van der Waals surface area contributed by atoms with Crippen molar-refractivity contribution in [3.8, 4) is 5.75 Å². The van der Waals surface area contributed by atoms with Crippen molar-refractivity contribution >= 4 is 33.3 Å². The van der Waals surface area contributed by atoms with Gasteiger partial charge in [-0.3, -0.25) is 14.4 Å². The van der Waals surface area contributed by atoms with Gasteiger partial charge in [0.05, 0.1) is 17.4 Å². The van der Waals surface area contributed by atoms with Gasteiger partial charge in [0.1, 0.15) is 16.6 Å². The summed E-state index contributed by atoms with van der Waals surface area (Å²) in [5.74, 6) is -1.80. The number of benzene rings is 4. The zero-order valence-corrected chi connectivity index (χ0v) is 21.7. The van der Waals surface area contributed by atoms with Gasteiger partial charge in [0.25, 0.3) is 5.91 Å². The number of fused-ring (bicyclic) bond motifs is 1. The third-order valence-corrected chi connectivity index (χ3v) is 8.20. The van der Waals surface area contributed by atoms with Crippen LogP contribution in [-0.4, -0.2) is 26.3 Å². The fourth-order valence-corrected chi connectivity index (χ4v) is 6.11. The number of imide groups is 1. The highest BCUT2D eigenvalue weighted by Gasteiger charge is 2.61. The third kappa shape index (κ3) is 4.25. The van der Waals surface area contributed by atoms with Crippen LogP contribution in [-0.2, 0) is 24.5 Å². The summed E-state index contributed by atoms with van der Waals surface area (Å²) >= 11 is 0. The molecule has 39 heavy (non-hydrogen) atoms. The predicted molar refractivity (Wildman–Crippen MR) is 144 cm³/mol. The molecule has 6 rings (SSSR count). The average Bonchev–Trinajstić information content (AvgIpc) is 3.46. The molecule has 2 fully saturated rings. The third-order valence-electron chi connectivity index (χ3n) is 6.95. The Morgan fingerprint density at radius 2 is 1.36 bits per heavy atom. The van der Waals surface area contributed by atoms with E-state index in [2.05, 4.69) is 0 Å². The van der Waals surface area contributed by atoms with Crippen molar-refractivity contribution in [2.45, 2.75) is 24.0 Å². The topological polar surface area (TPSA) is 93.2 Å². The van der Waals surface area contributed by atoms with Crippen molar-refractivity contribution in [1.82, 2.24) is 0 Å². The van der Waals surface area contributed by atoms with Crippen LogP contribution in [0, 0.1) is 12.8 Å². The van der Waals surface area contributed by atoms with Crippen molar-refractivity contribution < 1.29 is 27.0 Å². The highest BCUT2D eigenvalue weighted by Crippen LogP contribution is 2.50. The lowest BCUT2D eigenvalue weighted by Gasteiger charge is -2.29. The van der Waals surface area contributed by atoms with Gasteiger partial charge in [-0.25, -0.2) is 9.96 Å². The zero-order valence-electron chi connectivity index (χ0n) is 20.9. The summed E-state index contributed by atoms with van der Waals surface area (Å²) < 4.78 is 31.9. The molecule has 0 spiro atoms. The lowest BCUT2D eigenvalue weighted by Crippen LogP contribution is -2.37. The Morgan fingerprint density at radius 3 is 2.08 bits per heavy atom. The Hall–Kier alpha value is -4.47. The molecule has 0 radical (unpaired) electrons. The number of carbonyl (C=O) groups excluding carboxylic acids is 2. The van der Waals surface area contributed by atoms with E-state index in [-0.39, 0.29) is 10.6 Å². The van der Waals surface area contributed by atoms with Crippen LogP contribution >= 0.6 is 0 Å². The lowest BCUT2D eigenvalue weighted by atomic mass is 9.90. The molecule has 2 aliphatic rings. The molecule has 0 N–H and O–H groups in total. The molecule has 0 bridgehead atoms. The zero-order chi connectivity index (χ0) is 27.1. The highest BCUT2D eigenvalue weighted by molar-refractivity contribution is 7.87. The first-order chi connectivity index (χ1) is 18.9. The Morgan fingerprint density at radius 1 is 0.744 bits per heavy atom. The molecule has 2 heterocycles. The molecule has 2 saturated heterocycles. The van der Waals surface area contributed by atoms with E-state index in [1.807, 2.05) is 37.3 Å². The fraction of sp³-hybridized carbons (Fsp3) is 0.133. The predicted octanol–water partition coefficient (Wildman–Crippen LogP) is 4.81. The first-order valence-electron chi connectivity index (χ1n) is 12.4. The number of nitrogens with zero attached hydrogens (tertiary/aromatic N) is 2. The van der Waals surface area contributed by atoms with Gasteiger partial charge in [0, 0.05) is 5.56 Å². The van der Waals surface area contributed by atoms with Crippen molar-refractivity contribution in [2.24, 2.45) is 5.92 Å². The van der Waals surface area contributed by atoms with E-state index in [4.69, 9.17) is 9.02 Å². The van der Waals surface area contributed by atoms with Crippen LogP contribution in [0.3, 0.4) is 0 Å². The minimum atomic E-state index is -4.17. The maximum Gasteiger partial charge on any atom is 0.339 e. The number of hydroxylamine groups is 1. The summed E-state index contributed by atoms with van der Waals surface area (Å²) in [6.45, 7) is 1.83. The SMILES string of the molecule is Cc1ccccc1N1C(=O)C2ON(c3ccccc3)C(c3ccccc3OS(=O)(=O)c3ccccc3)C2C1=O. The number of para-hydroxylation sites is 3. The van der Waals surface area contributed by atoms with Crippen LogP contribution in [0.4, 0.5) is 11.4 Å². The molecule has 0 aliphatic carbocycles. The molecular formula is C30H24N2O6S. The smallest absolute Gasteiger partial charge is 0.339 e. The van der Waals surface area contributed by atoms with Gasteiger partial charge >= 0.3 is 10.1 Å². The average molecular weight is 541 g/mol. The second-order valence-electron chi connectivity index (χ2n) is 9.34. The molecule has 4 aromatic carbocycles. The van der Waals surface area contributed by atoms with E-state index >= 15 is 0 Å². The van der Waals surface area contributed by atoms with Crippen molar-refractivity contribution in [3.05, 3.63) is 120 Å². The first kappa shape index (κ1) is 24.8. The molecule has 2 aliphatic heterocycles. The highest BCUT2D eigenvalue weighted by atomic mass is 32.2. The van der Waals surface area contributed by atoms with Gasteiger partial charge in [-0.1, -0.05) is 72.8 Å². The first-order valence-corrected chi connectivity index (χ1v) is 13.8. The van der Waals surface area contributed by atoms with Gasteiger partial charge in [0.2, 0.25) is 5.91 Å². The van der Waals surface area contributed by atoms with E-state index in [1.54, 1.807) is 60.7 Å². The maximum absolute atomic E-state index is 14.0. The summed E-state index contributed by atoms with van der Waals surface area (Å²) in [6.07, 6.45) is -1.10. The van der Waals surface area contributed by atoms with Gasteiger partial charge in [0.15, 0.2) is 6.10 Å². The quantitative estimate of drug-likeness (QED) is 0.256. The fourth-order valence-electron chi connectivity index (χ4n) is 5.14. The molecule has 9 heteroatoms. The van der Waals surface area contributed by atoms with Gasteiger partial charge < -0.3 is 4.18 Å². The summed E-state index contributed by atoms with van der Waals surface area (Å²) in [6, 6.07) is 29.8. The molecule has 2 amide bonds. The number of carbonyl (C=O) groups is 2. The Labute approximate surface area is 226 Å². The molecule has 8 nitrogen and oxygen atoms in total. The largest absolute Gasteiger partial charge is 0.379 e. The number of hydrogen-bond donors (Lipinski definition) is 0. The molecule has 3 unspecified atom stereocenters. The standard InChI is InChI=1S/C30H24N2O6S/c1-20-12-8-10-18-24(20)31-29(33)26-27(32(37-28(26)30(31)34)21-13-4-2-5-14-21)23-17-9-11-19-25(23)38-39(35,36)22-15-6-3-7-16-22/h2-19,26-28H,1H3. The van der Waals surface area contributed by atoms with Crippen LogP contribution in [0.2, 0.25) is 0 Å². The Bertz CT molecular complexity index is 1660. The van der Waals surface area contributed by atoms with E-state index < -0.39 is 40.0 Å². The summed E-state index contributed by atoms with van der Waals surface area (Å²) in [4.78, 5) is 35.0. The normalized spacial score (nSPS) is 20.8. The van der Waals surface area contributed by atoms with Crippen molar-refractivity contribution in [2.75, 3.05) is 9.96 Å². The molecule has 4 aromatic rings. The molecule has 3 atom stereocenters. The molecule has 0 aromatic heterocycles. The molecule has 196 valence electrons. The van der Waals surface area contributed by atoms with E-state index in [1.165, 1.54) is 28.2 Å². The second-order valence-corrected chi connectivity index (χ2v) is 10.9. The van der Waals surface area contributed by atoms with Crippen LogP contribution in [0.5, 0.6) is 5.75 Å². The van der Waals surface area contributed by atoms with E-state index in [0.29, 0.717) is 16.9 Å².